The van der Waals surface area contributed by atoms with Crippen LogP contribution in [-0.4, -0.2) is 35.0 Å². The normalized spacial score (nSPS) is 33.6. The largest absolute Gasteiger partial charge is 0.481 e. The molecule has 1 saturated carbocycles. The Kier molecular flexibility index (Phi) is 5.06. The maximum Gasteiger partial charge on any atom is 0.307 e. The number of carboxylic acids is 1. The molecule has 1 aliphatic carbocycles. The van der Waals surface area contributed by atoms with Crippen LogP contribution in [0.2, 0.25) is 0 Å². The minimum absolute atomic E-state index is 0.104. The molecule has 4 atom stereocenters. The first-order valence-electron chi connectivity index (χ1n) is 8.08. The molecule has 0 spiro atoms. The van der Waals surface area contributed by atoms with Gasteiger partial charge in [-0.15, -0.1) is 0 Å². The number of carbonyl (C=O) groups excluding carboxylic acids is 1. The lowest BCUT2D eigenvalue weighted by Crippen LogP contribution is -2.38. The molecule has 1 heterocycles. The summed E-state index contributed by atoms with van der Waals surface area (Å²) in [4.78, 5) is 26.0. The van der Waals surface area contributed by atoms with Crippen molar-refractivity contribution >= 4 is 11.9 Å². The van der Waals surface area contributed by atoms with Crippen LogP contribution in [0.15, 0.2) is 0 Å². The molecule has 0 bridgehead atoms. The van der Waals surface area contributed by atoms with Gasteiger partial charge in [0.1, 0.15) is 0 Å². The maximum absolute atomic E-state index is 12.6. The third-order valence-electron chi connectivity index (χ3n) is 5.17. The molecule has 20 heavy (non-hydrogen) atoms. The lowest BCUT2D eigenvalue weighted by atomic mass is 9.95. The molecule has 1 N–H and O–H groups in total. The molecule has 0 aromatic heterocycles. The van der Waals surface area contributed by atoms with Gasteiger partial charge in [0, 0.05) is 13.1 Å². The third kappa shape index (κ3) is 3.15. The van der Waals surface area contributed by atoms with Gasteiger partial charge in [-0.1, -0.05) is 26.7 Å². The Morgan fingerprint density at radius 3 is 2.45 bits per heavy atom. The monoisotopic (exact) mass is 281 g/mol. The van der Waals surface area contributed by atoms with Gasteiger partial charge in [-0.3, -0.25) is 9.59 Å². The maximum atomic E-state index is 12.6. The standard InChI is InChI=1S/C16H27NO3/c1-3-5-12-6-7-17(10-12)15(18)13-8-11(4-2)9-14(13)16(19)20/h11-14H,3-10H2,1-2H3,(H,19,20)/t11?,12?,13-,14+/m0/s1. The van der Waals surface area contributed by atoms with E-state index in [2.05, 4.69) is 13.8 Å². The van der Waals surface area contributed by atoms with E-state index in [9.17, 15) is 14.7 Å². The highest BCUT2D eigenvalue weighted by molar-refractivity contribution is 5.85. The average molecular weight is 281 g/mol. The summed E-state index contributed by atoms with van der Waals surface area (Å²) in [5, 5.41) is 9.35. The fraction of sp³-hybridized carbons (Fsp3) is 0.875. The van der Waals surface area contributed by atoms with E-state index in [0.29, 0.717) is 18.3 Å². The Bertz CT molecular complexity index is 369. The van der Waals surface area contributed by atoms with Gasteiger partial charge in [-0.2, -0.15) is 0 Å². The number of nitrogens with zero attached hydrogens (tertiary/aromatic N) is 1. The fourth-order valence-electron chi connectivity index (χ4n) is 3.93. The quantitative estimate of drug-likeness (QED) is 0.843. The fourth-order valence-corrected chi connectivity index (χ4v) is 3.93. The van der Waals surface area contributed by atoms with Gasteiger partial charge in [0.05, 0.1) is 11.8 Å². The lowest BCUT2D eigenvalue weighted by Gasteiger charge is -2.23. The van der Waals surface area contributed by atoms with Crippen molar-refractivity contribution in [2.75, 3.05) is 13.1 Å². The molecular formula is C16H27NO3. The second kappa shape index (κ2) is 6.59. The molecule has 2 rings (SSSR count). The van der Waals surface area contributed by atoms with Gasteiger partial charge in [0.25, 0.3) is 0 Å². The molecule has 4 heteroatoms. The van der Waals surface area contributed by atoms with Crippen LogP contribution >= 0.6 is 0 Å². The molecule has 2 fully saturated rings. The summed E-state index contributed by atoms with van der Waals surface area (Å²) in [7, 11) is 0. The summed E-state index contributed by atoms with van der Waals surface area (Å²) in [6, 6.07) is 0. The van der Waals surface area contributed by atoms with E-state index in [4.69, 9.17) is 0 Å². The molecular weight excluding hydrogens is 254 g/mol. The lowest BCUT2D eigenvalue weighted by molar-refractivity contribution is -0.148. The molecule has 0 radical (unpaired) electrons. The van der Waals surface area contributed by atoms with Gasteiger partial charge >= 0.3 is 5.97 Å². The first kappa shape index (κ1) is 15.3. The van der Waals surface area contributed by atoms with E-state index >= 15 is 0 Å². The summed E-state index contributed by atoms with van der Waals surface area (Å²) in [5.74, 6) is -0.402. The van der Waals surface area contributed by atoms with Crippen molar-refractivity contribution in [2.45, 2.75) is 52.4 Å². The van der Waals surface area contributed by atoms with Crippen molar-refractivity contribution in [3.05, 3.63) is 0 Å². The van der Waals surface area contributed by atoms with Crippen LogP contribution < -0.4 is 0 Å². The van der Waals surface area contributed by atoms with Gasteiger partial charge in [-0.05, 0) is 37.5 Å². The van der Waals surface area contributed by atoms with Crippen LogP contribution in [0, 0.1) is 23.7 Å². The van der Waals surface area contributed by atoms with E-state index in [0.717, 1.165) is 38.8 Å². The van der Waals surface area contributed by atoms with Crippen molar-refractivity contribution in [2.24, 2.45) is 23.7 Å². The zero-order valence-electron chi connectivity index (χ0n) is 12.7. The number of rotatable bonds is 5. The number of amides is 1. The smallest absolute Gasteiger partial charge is 0.307 e. The van der Waals surface area contributed by atoms with E-state index in [-0.39, 0.29) is 11.8 Å². The molecule has 1 saturated heterocycles. The Hall–Kier alpha value is -1.06. The van der Waals surface area contributed by atoms with Crippen LogP contribution in [0.3, 0.4) is 0 Å². The first-order chi connectivity index (χ1) is 9.56. The zero-order valence-corrected chi connectivity index (χ0v) is 12.7. The van der Waals surface area contributed by atoms with Crippen LogP contribution in [0.25, 0.3) is 0 Å². The van der Waals surface area contributed by atoms with Gasteiger partial charge < -0.3 is 10.0 Å². The molecule has 1 aliphatic heterocycles. The number of hydrogen-bond acceptors (Lipinski definition) is 2. The Balaban J connectivity index is 1.99. The van der Waals surface area contributed by atoms with Crippen LogP contribution in [-0.2, 0) is 9.59 Å². The second-order valence-corrected chi connectivity index (χ2v) is 6.52. The highest BCUT2D eigenvalue weighted by Gasteiger charge is 2.44. The number of likely N-dealkylation sites (tertiary alicyclic amines) is 1. The Labute approximate surface area is 121 Å². The summed E-state index contributed by atoms with van der Waals surface area (Å²) in [5.41, 5.74) is 0. The molecule has 2 aliphatic rings. The summed E-state index contributed by atoms with van der Waals surface area (Å²) < 4.78 is 0. The summed E-state index contributed by atoms with van der Waals surface area (Å²) in [6.07, 6.45) is 5.84. The molecule has 0 aromatic carbocycles. The molecule has 2 unspecified atom stereocenters. The second-order valence-electron chi connectivity index (χ2n) is 6.52. The summed E-state index contributed by atoms with van der Waals surface area (Å²) in [6.45, 7) is 5.92. The SMILES string of the molecule is CCCC1CCN(C(=O)[C@H]2CC(CC)C[C@H]2C(=O)O)C1. The predicted molar refractivity (Wildman–Crippen MR) is 77.2 cm³/mol. The molecule has 0 aromatic rings. The van der Waals surface area contributed by atoms with Crippen LogP contribution in [0.4, 0.5) is 0 Å². The van der Waals surface area contributed by atoms with Crippen molar-refractivity contribution in [1.82, 2.24) is 4.90 Å². The van der Waals surface area contributed by atoms with Crippen molar-refractivity contribution in [3.63, 3.8) is 0 Å². The minimum atomic E-state index is -0.788. The van der Waals surface area contributed by atoms with E-state index in [1.54, 1.807) is 0 Å². The van der Waals surface area contributed by atoms with E-state index in [1.807, 2.05) is 4.90 Å². The number of carboxylic acid groups (broad SMARTS) is 1. The van der Waals surface area contributed by atoms with E-state index < -0.39 is 11.9 Å². The Morgan fingerprint density at radius 2 is 1.85 bits per heavy atom. The Morgan fingerprint density at radius 1 is 1.15 bits per heavy atom. The zero-order chi connectivity index (χ0) is 14.7. The van der Waals surface area contributed by atoms with Crippen molar-refractivity contribution in [3.8, 4) is 0 Å². The van der Waals surface area contributed by atoms with Crippen LogP contribution in [0.1, 0.15) is 52.4 Å². The average Bonchev–Trinajstić information content (AvgIpc) is 3.04. The number of aliphatic carboxylic acids is 1. The first-order valence-corrected chi connectivity index (χ1v) is 8.08. The van der Waals surface area contributed by atoms with Gasteiger partial charge in [0.15, 0.2) is 0 Å². The topological polar surface area (TPSA) is 57.6 Å². The molecule has 4 nitrogen and oxygen atoms in total. The van der Waals surface area contributed by atoms with Crippen molar-refractivity contribution < 1.29 is 14.7 Å². The number of hydrogen-bond donors (Lipinski definition) is 1. The number of carbonyl (C=O) groups is 2. The summed E-state index contributed by atoms with van der Waals surface area (Å²) >= 11 is 0. The third-order valence-corrected chi connectivity index (χ3v) is 5.17. The minimum Gasteiger partial charge on any atom is -0.481 e. The molecule has 114 valence electrons. The highest BCUT2D eigenvalue weighted by atomic mass is 16.4. The predicted octanol–water partition coefficient (Wildman–Crippen LogP) is 2.77. The van der Waals surface area contributed by atoms with Crippen LogP contribution in [0.5, 0.6) is 0 Å². The van der Waals surface area contributed by atoms with E-state index in [1.165, 1.54) is 6.42 Å². The van der Waals surface area contributed by atoms with Gasteiger partial charge in [0.2, 0.25) is 5.91 Å². The molecule has 1 amide bonds. The van der Waals surface area contributed by atoms with Gasteiger partial charge in [-0.25, -0.2) is 0 Å². The highest BCUT2D eigenvalue weighted by Crippen LogP contribution is 2.40. The van der Waals surface area contributed by atoms with Crippen molar-refractivity contribution in [1.29, 1.82) is 0 Å².